The normalized spacial score (nSPS) is 13.2. The monoisotopic (exact) mass is 449 g/mol. The van der Waals surface area contributed by atoms with Crippen molar-refractivity contribution in [3.8, 4) is 5.75 Å². The molecule has 2 aromatic rings. The molecule has 0 heterocycles. The molecule has 0 aliphatic carbocycles. The van der Waals surface area contributed by atoms with Crippen LogP contribution in [0.1, 0.15) is 37.4 Å². The molecule has 0 saturated carbocycles. The molecule has 0 aliphatic rings. The molecule has 2 rings (SSSR count). The molecule has 0 aliphatic heterocycles. The topological polar surface area (TPSA) is 119 Å². The van der Waals surface area contributed by atoms with Crippen molar-refractivity contribution in [2.75, 3.05) is 17.7 Å². The Balaban J connectivity index is 2.45. The summed E-state index contributed by atoms with van der Waals surface area (Å²) in [7, 11) is -2.40. The number of nitro groups is 1. The van der Waals surface area contributed by atoms with Crippen molar-refractivity contribution in [3.05, 3.63) is 63.7 Å². The standard InChI is InChI=1S/C21H27N3O6S/c1-6-18(21(25)22-15(3)17-9-7-8-10-20(17)30-4)23(31(5,28)29)19-13-16(24(26)27)12-11-14(19)2/h7-13,15,18H,6H2,1-5H3,(H,22,25). The third-order valence-electron chi connectivity index (χ3n) is 4.93. The number of nitrogens with one attached hydrogen (secondary N) is 1. The first-order valence-corrected chi connectivity index (χ1v) is 11.5. The van der Waals surface area contributed by atoms with E-state index in [1.54, 1.807) is 26.8 Å². The predicted molar refractivity (Wildman–Crippen MR) is 119 cm³/mol. The molecule has 2 aromatic carbocycles. The summed E-state index contributed by atoms with van der Waals surface area (Å²) in [5.41, 5.74) is 1.08. The van der Waals surface area contributed by atoms with Crippen LogP contribution >= 0.6 is 0 Å². The number of sulfonamides is 1. The van der Waals surface area contributed by atoms with Gasteiger partial charge in [0.1, 0.15) is 11.8 Å². The largest absolute Gasteiger partial charge is 0.496 e. The molecule has 0 bridgehead atoms. The van der Waals surface area contributed by atoms with E-state index >= 15 is 0 Å². The minimum atomic E-state index is -3.93. The number of benzene rings is 2. The van der Waals surface area contributed by atoms with Crippen molar-refractivity contribution >= 4 is 27.3 Å². The van der Waals surface area contributed by atoms with Gasteiger partial charge in [-0.1, -0.05) is 31.2 Å². The Morgan fingerprint density at radius 1 is 1.26 bits per heavy atom. The van der Waals surface area contributed by atoms with Crippen molar-refractivity contribution in [3.63, 3.8) is 0 Å². The molecular formula is C21H27N3O6S. The summed E-state index contributed by atoms with van der Waals surface area (Å²) in [4.78, 5) is 23.8. The Labute approximate surface area is 182 Å². The highest BCUT2D eigenvalue weighted by molar-refractivity contribution is 7.92. The Morgan fingerprint density at radius 3 is 2.45 bits per heavy atom. The summed E-state index contributed by atoms with van der Waals surface area (Å²) in [6, 6.07) is 9.59. The number of para-hydroxylation sites is 1. The van der Waals surface area contributed by atoms with E-state index in [9.17, 15) is 23.3 Å². The van der Waals surface area contributed by atoms with E-state index in [0.29, 0.717) is 11.3 Å². The molecule has 10 heteroatoms. The van der Waals surface area contributed by atoms with Gasteiger partial charge in [0.2, 0.25) is 15.9 Å². The number of non-ortho nitro benzene ring substituents is 1. The van der Waals surface area contributed by atoms with Gasteiger partial charge in [-0.15, -0.1) is 0 Å². The van der Waals surface area contributed by atoms with E-state index in [2.05, 4.69) is 5.32 Å². The lowest BCUT2D eigenvalue weighted by Crippen LogP contribution is -2.50. The number of amides is 1. The zero-order chi connectivity index (χ0) is 23.3. The van der Waals surface area contributed by atoms with Crippen molar-refractivity contribution in [1.29, 1.82) is 0 Å². The van der Waals surface area contributed by atoms with Gasteiger partial charge in [-0.25, -0.2) is 8.42 Å². The van der Waals surface area contributed by atoms with Crippen LogP contribution in [0.4, 0.5) is 11.4 Å². The van der Waals surface area contributed by atoms with Crippen LogP contribution in [0.5, 0.6) is 5.75 Å². The number of nitrogens with zero attached hydrogens (tertiary/aromatic N) is 2. The van der Waals surface area contributed by atoms with Gasteiger partial charge in [0, 0.05) is 17.7 Å². The number of hydrogen-bond donors (Lipinski definition) is 1. The fraction of sp³-hybridized carbons (Fsp3) is 0.381. The molecule has 1 N–H and O–H groups in total. The molecule has 1 amide bonds. The number of carbonyl (C=O) groups is 1. The van der Waals surface area contributed by atoms with E-state index in [1.807, 2.05) is 18.2 Å². The fourth-order valence-electron chi connectivity index (χ4n) is 3.40. The van der Waals surface area contributed by atoms with E-state index in [1.165, 1.54) is 25.3 Å². The van der Waals surface area contributed by atoms with E-state index in [-0.39, 0.29) is 17.8 Å². The maximum absolute atomic E-state index is 13.2. The predicted octanol–water partition coefficient (Wildman–Crippen LogP) is 3.33. The van der Waals surface area contributed by atoms with E-state index in [0.717, 1.165) is 16.1 Å². The van der Waals surface area contributed by atoms with Crippen LogP contribution in [0.3, 0.4) is 0 Å². The second-order valence-electron chi connectivity index (χ2n) is 7.18. The van der Waals surface area contributed by atoms with Crippen LogP contribution in [0.2, 0.25) is 0 Å². The fourth-order valence-corrected chi connectivity index (χ4v) is 4.66. The van der Waals surface area contributed by atoms with Gasteiger partial charge in [0.05, 0.1) is 30.0 Å². The number of ether oxygens (including phenoxy) is 1. The first-order valence-electron chi connectivity index (χ1n) is 9.69. The second-order valence-corrected chi connectivity index (χ2v) is 9.04. The van der Waals surface area contributed by atoms with Crippen molar-refractivity contribution in [2.24, 2.45) is 0 Å². The zero-order valence-electron chi connectivity index (χ0n) is 18.2. The smallest absolute Gasteiger partial charge is 0.271 e. The van der Waals surface area contributed by atoms with Crippen LogP contribution in [0, 0.1) is 17.0 Å². The molecule has 168 valence electrons. The molecule has 2 atom stereocenters. The van der Waals surface area contributed by atoms with E-state index < -0.39 is 32.9 Å². The van der Waals surface area contributed by atoms with Crippen LogP contribution in [-0.2, 0) is 14.8 Å². The average Bonchev–Trinajstić information content (AvgIpc) is 2.71. The average molecular weight is 450 g/mol. The molecule has 31 heavy (non-hydrogen) atoms. The van der Waals surface area contributed by atoms with E-state index in [4.69, 9.17) is 4.74 Å². The second kappa shape index (κ2) is 9.78. The highest BCUT2D eigenvalue weighted by atomic mass is 32.2. The van der Waals surface area contributed by atoms with Crippen molar-refractivity contribution < 1.29 is 22.9 Å². The summed E-state index contributed by atoms with van der Waals surface area (Å²) < 4.78 is 31.7. The van der Waals surface area contributed by atoms with Crippen LogP contribution < -0.4 is 14.4 Å². The van der Waals surface area contributed by atoms with Crippen molar-refractivity contribution in [1.82, 2.24) is 5.32 Å². The third-order valence-corrected chi connectivity index (χ3v) is 6.10. The Hall–Kier alpha value is -3.14. The SMILES string of the molecule is CCC(C(=O)NC(C)c1ccccc1OC)N(c1cc([N+](=O)[O-])ccc1C)S(C)(=O)=O. The quantitative estimate of drug-likeness (QED) is 0.463. The number of methoxy groups -OCH3 is 1. The Kier molecular flexibility index (Phi) is 7.61. The number of aryl methyl sites for hydroxylation is 1. The van der Waals surface area contributed by atoms with Gasteiger partial charge in [-0.3, -0.25) is 19.2 Å². The number of nitro benzene ring substituents is 1. The number of carbonyl (C=O) groups excluding carboxylic acids is 1. The van der Waals surface area contributed by atoms with Crippen LogP contribution in [0.25, 0.3) is 0 Å². The summed E-state index contributed by atoms with van der Waals surface area (Å²) in [5, 5.41) is 14.1. The number of rotatable bonds is 9. The first-order chi connectivity index (χ1) is 14.5. The molecule has 0 spiro atoms. The highest BCUT2D eigenvalue weighted by Crippen LogP contribution is 2.31. The summed E-state index contributed by atoms with van der Waals surface area (Å²) in [5.74, 6) is 0.0788. The van der Waals surface area contributed by atoms with Gasteiger partial charge in [-0.2, -0.15) is 0 Å². The molecule has 0 aromatic heterocycles. The summed E-state index contributed by atoms with van der Waals surface area (Å²) in [6.07, 6.45) is 1.14. The lowest BCUT2D eigenvalue weighted by Gasteiger charge is -2.32. The maximum Gasteiger partial charge on any atom is 0.271 e. The molecule has 9 nitrogen and oxygen atoms in total. The molecule has 0 saturated heterocycles. The highest BCUT2D eigenvalue weighted by Gasteiger charge is 2.34. The number of anilines is 1. The summed E-state index contributed by atoms with van der Waals surface area (Å²) >= 11 is 0. The van der Waals surface area contributed by atoms with Gasteiger partial charge in [-0.05, 0) is 31.9 Å². The molecule has 0 radical (unpaired) electrons. The third kappa shape index (κ3) is 5.52. The number of hydrogen-bond acceptors (Lipinski definition) is 6. The zero-order valence-corrected chi connectivity index (χ0v) is 19.0. The van der Waals surface area contributed by atoms with Gasteiger partial charge >= 0.3 is 0 Å². The van der Waals surface area contributed by atoms with Crippen molar-refractivity contribution in [2.45, 2.75) is 39.3 Å². The molecule has 0 fully saturated rings. The molecule has 2 unspecified atom stereocenters. The summed E-state index contributed by atoms with van der Waals surface area (Å²) in [6.45, 7) is 5.09. The lowest BCUT2D eigenvalue weighted by molar-refractivity contribution is -0.384. The van der Waals surface area contributed by atoms with Gasteiger partial charge in [0.25, 0.3) is 5.69 Å². The van der Waals surface area contributed by atoms with Gasteiger partial charge in [0.15, 0.2) is 0 Å². The molecular weight excluding hydrogens is 422 g/mol. The Bertz CT molecular complexity index is 1070. The van der Waals surface area contributed by atoms with Gasteiger partial charge < -0.3 is 10.1 Å². The lowest BCUT2D eigenvalue weighted by atomic mass is 10.1. The minimum Gasteiger partial charge on any atom is -0.496 e. The minimum absolute atomic E-state index is 0.101. The van der Waals surface area contributed by atoms with Crippen LogP contribution in [-0.4, -0.2) is 38.7 Å². The van der Waals surface area contributed by atoms with Crippen LogP contribution in [0.15, 0.2) is 42.5 Å². The Morgan fingerprint density at radius 2 is 1.90 bits per heavy atom. The first kappa shape index (κ1) is 24.1. The maximum atomic E-state index is 13.2.